The van der Waals surface area contributed by atoms with Gasteiger partial charge in [0, 0.05) is 33.0 Å². The van der Waals surface area contributed by atoms with Gasteiger partial charge in [0.15, 0.2) is 17.5 Å². The summed E-state index contributed by atoms with van der Waals surface area (Å²) in [5.74, 6) is 1.77. The molecule has 5 heteroatoms. The van der Waals surface area contributed by atoms with Gasteiger partial charge in [-0.25, -0.2) is 15.0 Å². The van der Waals surface area contributed by atoms with E-state index in [2.05, 4.69) is 156 Å². The fourth-order valence-corrected chi connectivity index (χ4v) is 8.73. The van der Waals surface area contributed by atoms with Crippen molar-refractivity contribution >= 4 is 76.1 Å². The van der Waals surface area contributed by atoms with Gasteiger partial charge in [0.05, 0.1) is 22.0 Å². The maximum absolute atomic E-state index is 7.03. The third kappa shape index (κ3) is 4.52. The van der Waals surface area contributed by atoms with E-state index in [0.717, 1.165) is 71.5 Å². The summed E-state index contributed by atoms with van der Waals surface area (Å²) in [5, 5.41) is 11.6. The van der Waals surface area contributed by atoms with Crippen molar-refractivity contribution < 1.29 is 4.42 Å². The van der Waals surface area contributed by atoms with Crippen molar-refractivity contribution in [2.45, 2.75) is 0 Å². The molecule has 12 rings (SSSR count). The summed E-state index contributed by atoms with van der Waals surface area (Å²) >= 11 is 0. The third-order valence-corrected chi connectivity index (χ3v) is 11.2. The van der Waals surface area contributed by atoms with Crippen LogP contribution in [-0.2, 0) is 0 Å². The number of rotatable bonds is 4. The van der Waals surface area contributed by atoms with Crippen LogP contribution in [-0.4, -0.2) is 19.5 Å². The van der Waals surface area contributed by atoms with E-state index < -0.39 is 0 Å². The second-order valence-electron chi connectivity index (χ2n) is 14.3. The largest absolute Gasteiger partial charge is 0.455 e. The van der Waals surface area contributed by atoms with E-state index in [-0.39, 0.29) is 0 Å². The van der Waals surface area contributed by atoms with Crippen molar-refractivity contribution in [3.63, 3.8) is 0 Å². The Morgan fingerprint density at radius 2 is 0.875 bits per heavy atom. The van der Waals surface area contributed by atoms with Crippen molar-refractivity contribution in [3.8, 4) is 39.9 Å². The highest BCUT2D eigenvalue weighted by atomic mass is 16.3. The summed E-state index contributed by atoms with van der Waals surface area (Å²) in [7, 11) is 0. The van der Waals surface area contributed by atoms with E-state index in [1.54, 1.807) is 0 Å². The molecule has 0 aliphatic rings. The maximum Gasteiger partial charge on any atom is 0.167 e. The van der Waals surface area contributed by atoms with E-state index in [9.17, 15) is 0 Å². The molecule has 0 radical (unpaired) electrons. The number of aromatic nitrogens is 4. The standard InChI is InChI=1S/C51H30N4O/c1-3-14-31(15-4-1)49-52-50(32-26-27-38-36-20-8-7-18-34(36)35-19-9-10-21-37(35)43(38)30-32)54-51(53-49)42-24-13-23-39-40-28-29-45-46(48(40)56-47(39)42)41-22-11-12-25-44(41)55(45)33-16-5-2-6-17-33/h1-30H. The van der Waals surface area contributed by atoms with Gasteiger partial charge in [-0.3, -0.25) is 0 Å². The summed E-state index contributed by atoms with van der Waals surface area (Å²) in [4.78, 5) is 15.5. The monoisotopic (exact) mass is 714 g/mol. The first-order valence-corrected chi connectivity index (χ1v) is 18.9. The van der Waals surface area contributed by atoms with Gasteiger partial charge in [-0.15, -0.1) is 0 Å². The first kappa shape index (κ1) is 30.8. The van der Waals surface area contributed by atoms with Crippen LogP contribution in [0.1, 0.15) is 0 Å². The van der Waals surface area contributed by atoms with E-state index in [4.69, 9.17) is 19.4 Å². The zero-order valence-electron chi connectivity index (χ0n) is 30.0. The van der Waals surface area contributed by atoms with Crippen molar-refractivity contribution in [2.75, 3.05) is 0 Å². The van der Waals surface area contributed by atoms with Gasteiger partial charge in [0.1, 0.15) is 11.2 Å². The Bertz CT molecular complexity index is 3490. The van der Waals surface area contributed by atoms with Gasteiger partial charge < -0.3 is 8.98 Å². The second-order valence-corrected chi connectivity index (χ2v) is 14.3. The topological polar surface area (TPSA) is 56.7 Å². The molecule has 56 heavy (non-hydrogen) atoms. The number of hydrogen-bond donors (Lipinski definition) is 0. The predicted molar refractivity (Wildman–Crippen MR) is 230 cm³/mol. The van der Waals surface area contributed by atoms with Gasteiger partial charge in [-0.05, 0) is 74.8 Å². The van der Waals surface area contributed by atoms with Crippen molar-refractivity contribution in [2.24, 2.45) is 0 Å². The molecule has 9 aromatic carbocycles. The van der Waals surface area contributed by atoms with E-state index >= 15 is 0 Å². The summed E-state index contributed by atoms with van der Waals surface area (Å²) in [6.45, 7) is 0. The molecule has 0 atom stereocenters. The molecule has 260 valence electrons. The molecule has 0 spiro atoms. The molecule has 0 unspecified atom stereocenters. The van der Waals surface area contributed by atoms with Crippen LogP contribution in [0.25, 0.3) is 116 Å². The highest BCUT2D eigenvalue weighted by Crippen LogP contribution is 2.43. The van der Waals surface area contributed by atoms with Crippen LogP contribution < -0.4 is 0 Å². The van der Waals surface area contributed by atoms with Crippen LogP contribution in [0.15, 0.2) is 186 Å². The molecule has 12 aromatic rings. The quantitative estimate of drug-likeness (QED) is 0.170. The van der Waals surface area contributed by atoms with Crippen LogP contribution in [0.2, 0.25) is 0 Å². The molecule has 0 amide bonds. The lowest BCUT2D eigenvalue weighted by Gasteiger charge is -2.12. The van der Waals surface area contributed by atoms with E-state index in [1.807, 2.05) is 30.3 Å². The molecule has 0 aliphatic heterocycles. The van der Waals surface area contributed by atoms with Gasteiger partial charge >= 0.3 is 0 Å². The first-order chi connectivity index (χ1) is 27.8. The number of para-hydroxylation sites is 3. The number of benzene rings is 9. The summed E-state index contributed by atoms with van der Waals surface area (Å²) < 4.78 is 9.35. The molecular weight excluding hydrogens is 685 g/mol. The summed E-state index contributed by atoms with van der Waals surface area (Å²) in [6, 6.07) is 63.7. The van der Waals surface area contributed by atoms with Crippen LogP contribution in [0.3, 0.4) is 0 Å². The van der Waals surface area contributed by atoms with Crippen molar-refractivity contribution in [1.29, 1.82) is 0 Å². The highest BCUT2D eigenvalue weighted by molar-refractivity contribution is 6.26. The lowest BCUT2D eigenvalue weighted by atomic mass is 9.93. The Balaban J connectivity index is 1.11. The Labute approximate surface area is 320 Å². The Kier molecular flexibility index (Phi) is 6.56. The number of nitrogens with zero attached hydrogens (tertiary/aromatic N) is 4. The molecule has 0 bridgehead atoms. The minimum Gasteiger partial charge on any atom is -0.455 e. The molecule has 0 fully saturated rings. The number of fused-ring (bicyclic) bond motifs is 13. The average Bonchev–Trinajstić information content (AvgIpc) is 3.83. The normalized spacial score (nSPS) is 11.9. The Morgan fingerprint density at radius 1 is 0.339 bits per heavy atom. The minimum absolute atomic E-state index is 0.560. The number of hydrogen-bond acceptors (Lipinski definition) is 4. The van der Waals surface area contributed by atoms with E-state index in [0.29, 0.717) is 17.5 Å². The zero-order valence-corrected chi connectivity index (χ0v) is 30.0. The fraction of sp³-hybridized carbons (Fsp3) is 0. The second kappa shape index (κ2) is 11.9. The molecule has 0 N–H and O–H groups in total. The molecule has 0 saturated carbocycles. The Morgan fingerprint density at radius 3 is 1.61 bits per heavy atom. The molecule has 3 aromatic heterocycles. The van der Waals surface area contributed by atoms with Gasteiger partial charge in [-0.2, -0.15) is 0 Å². The van der Waals surface area contributed by atoms with Gasteiger partial charge in [0.25, 0.3) is 0 Å². The SMILES string of the molecule is c1ccc(-c2nc(-c3ccc4c5ccccc5c5ccccc5c4c3)nc(-c3cccc4c3oc3c4ccc4c3c3ccccc3n4-c3ccccc3)n2)cc1. The van der Waals surface area contributed by atoms with Crippen LogP contribution in [0, 0.1) is 0 Å². The van der Waals surface area contributed by atoms with Crippen molar-refractivity contribution in [3.05, 3.63) is 182 Å². The van der Waals surface area contributed by atoms with E-state index in [1.165, 1.54) is 26.9 Å². The fourth-order valence-electron chi connectivity index (χ4n) is 8.73. The zero-order chi connectivity index (χ0) is 36.7. The molecular formula is C51H30N4O. The molecule has 0 aliphatic carbocycles. The number of furan rings is 1. The molecule has 5 nitrogen and oxygen atoms in total. The first-order valence-electron chi connectivity index (χ1n) is 18.9. The third-order valence-electron chi connectivity index (χ3n) is 11.2. The van der Waals surface area contributed by atoms with Gasteiger partial charge in [-0.1, -0.05) is 140 Å². The minimum atomic E-state index is 0.560. The van der Waals surface area contributed by atoms with Gasteiger partial charge in [0.2, 0.25) is 0 Å². The summed E-state index contributed by atoms with van der Waals surface area (Å²) in [6.07, 6.45) is 0. The summed E-state index contributed by atoms with van der Waals surface area (Å²) in [5.41, 5.74) is 7.59. The van der Waals surface area contributed by atoms with Crippen molar-refractivity contribution in [1.82, 2.24) is 19.5 Å². The maximum atomic E-state index is 7.03. The van der Waals surface area contributed by atoms with Crippen LogP contribution in [0.5, 0.6) is 0 Å². The smallest absolute Gasteiger partial charge is 0.167 e. The average molecular weight is 715 g/mol. The lowest BCUT2D eigenvalue weighted by Crippen LogP contribution is -2.00. The van der Waals surface area contributed by atoms with Crippen LogP contribution >= 0.6 is 0 Å². The van der Waals surface area contributed by atoms with Crippen LogP contribution in [0.4, 0.5) is 0 Å². The molecule has 3 heterocycles. The lowest BCUT2D eigenvalue weighted by molar-refractivity contribution is 0.673. The highest BCUT2D eigenvalue weighted by Gasteiger charge is 2.22. The molecule has 0 saturated heterocycles. The Hall–Kier alpha value is -7.63. The predicted octanol–water partition coefficient (Wildman–Crippen LogP) is 13.3.